The van der Waals surface area contributed by atoms with Crippen molar-refractivity contribution in [3.05, 3.63) is 38.9 Å². The van der Waals surface area contributed by atoms with Crippen LogP contribution >= 0.6 is 0 Å². The summed E-state index contributed by atoms with van der Waals surface area (Å²) in [5.74, 6) is -2.84. The summed E-state index contributed by atoms with van der Waals surface area (Å²) >= 11 is 0. The Morgan fingerprint density at radius 2 is 1.70 bits per heavy atom. The second-order valence-electron chi connectivity index (χ2n) is 6.81. The second kappa shape index (κ2) is 12.3. The Bertz CT molecular complexity index is 1020. The molecule has 0 bridgehead atoms. The molecule has 0 amide bonds. The van der Waals surface area contributed by atoms with E-state index in [-0.39, 0.29) is 30.9 Å². The molecule has 0 saturated carbocycles. The van der Waals surface area contributed by atoms with Crippen LogP contribution in [0.5, 0.6) is 11.5 Å². The van der Waals surface area contributed by atoms with Crippen molar-refractivity contribution < 1.29 is 74.3 Å². The standard InChI is InChI=1S/C19H17F6NO11/c1-10-6-12(37-19(23,24)25)7-11-8-13(15(18(20,21)22)36-14(10)11)16(27)33-9-34-17(28)32-4-2-31-3-5-35-26(29)30/h6-8,15H,2-5,9H2,1H3/t15-/m0/s1. The number of esters is 1. The van der Waals surface area contributed by atoms with Crippen molar-refractivity contribution in [2.45, 2.75) is 25.6 Å². The van der Waals surface area contributed by atoms with Crippen LogP contribution in [0.4, 0.5) is 31.1 Å². The van der Waals surface area contributed by atoms with Gasteiger partial charge in [-0.2, -0.15) is 13.2 Å². The minimum atomic E-state index is -5.12. The summed E-state index contributed by atoms with van der Waals surface area (Å²) < 4.78 is 105. The second-order valence-corrected chi connectivity index (χ2v) is 6.81. The summed E-state index contributed by atoms with van der Waals surface area (Å²) in [6, 6.07) is 1.52. The molecule has 1 aliphatic heterocycles. The highest BCUT2D eigenvalue weighted by molar-refractivity contribution is 5.96. The van der Waals surface area contributed by atoms with Crippen LogP contribution in [0.15, 0.2) is 17.7 Å². The molecule has 0 aliphatic carbocycles. The number of carbonyl (C=O) groups excluding carboxylic acids is 2. The van der Waals surface area contributed by atoms with Gasteiger partial charge in [0.05, 0.1) is 18.8 Å². The molecular weight excluding hydrogens is 532 g/mol. The van der Waals surface area contributed by atoms with Gasteiger partial charge >= 0.3 is 24.7 Å². The maximum Gasteiger partial charge on any atom is 0.573 e. The van der Waals surface area contributed by atoms with Gasteiger partial charge in [-0.15, -0.1) is 23.3 Å². The molecule has 0 fully saturated rings. The van der Waals surface area contributed by atoms with Crippen LogP contribution in [0.1, 0.15) is 11.1 Å². The third kappa shape index (κ3) is 9.54. The minimum Gasteiger partial charge on any atom is -0.475 e. The lowest BCUT2D eigenvalue weighted by Gasteiger charge is -2.29. The first kappa shape index (κ1) is 29.3. The summed E-state index contributed by atoms with van der Waals surface area (Å²) in [7, 11) is 0. The molecule has 1 aromatic carbocycles. The molecule has 0 unspecified atom stereocenters. The van der Waals surface area contributed by atoms with Crippen molar-refractivity contribution in [1.82, 2.24) is 0 Å². The van der Waals surface area contributed by atoms with E-state index in [2.05, 4.69) is 23.8 Å². The molecule has 0 saturated heterocycles. The van der Waals surface area contributed by atoms with Crippen molar-refractivity contribution >= 4 is 18.2 Å². The number of fused-ring (bicyclic) bond motifs is 1. The van der Waals surface area contributed by atoms with Gasteiger partial charge in [-0.25, -0.2) is 9.59 Å². The lowest BCUT2D eigenvalue weighted by molar-refractivity contribution is -0.758. The molecule has 1 aromatic rings. The highest BCUT2D eigenvalue weighted by atomic mass is 19.4. The normalized spacial score (nSPS) is 15.0. The van der Waals surface area contributed by atoms with Crippen molar-refractivity contribution in [2.24, 2.45) is 0 Å². The molecule has 37 heavy (non-hydrogen) atoms. The number of halogens is 6. The van der Waals surface area contributed by atoms with Crippen LogP contribution in [0.2, 0.25) is 0 Å². The zero-order chi connectivity index (χ0) is 27.8. The van der Waals surface area contributed by atoms with Gasteiger partial charge < -0.3 is 33.3 Å². The van der Waals surface area contributed by atoms with E-state index in [4.69, 9.17) is 9.47 Å². The van der Waals surface area contributed by atoms with Crippen molar-refractivity contribution in [2.75, 3.05) is 33.2 Å². The number of ether oxygens (including phenoxy) is 6. The van der Waals surface area contributed by atoms with E-state index in [1.54, 1.807) is 0 Å². The monoisotopic (exact) mass is 549 g/mol. The fourth-order valence-corrected chi connectivity index (χ4v) is 2.77. The Kier molecular flexibility index (Phi) is 9.75. The van der Waals surface area contributed by atoms with E-state index in [0.717, 1.165) is 12.1 Å². The zero-order valence-electron chi connectivity index (χ0n) is 18.6. The Balaban J connectivity index is 1.97. The van der Waals surface area contributed by atoms with E-state index in [1.807, 2.05) is 0 Å². The van der Waals surface area contributed by atoms with Gasteiger partial charge in [0.15, 0.2) is 0 Å². The average Bonchev–Trinajstić information content (AvgIpc) is 2.75. The van der Waals surface area contributed by atoms with Crippen LogP contribution in [0, 0.1) is 17.0 Å². The number of hydrogen-bond donors (Lipinski definition) is 0. The van der Waals surface area contributed by atoms with Crippen molar-refractivity contribution in [3.63, 3.8) is 0 Å². The number of rotatable bonds is 11. The smallest absolute Gasteiger partial charge is 0.475 e. The lowest BCUT2D eigenvalue weighted by Crippen LogP contribution is -2.41. The van der Waals surface area contributed by atoms with Crippen LogP contribution in [-0.4, -0.2) is 69.1 Å². The minimum absolute atomic E-state index is 0.130. The maximum absolute atomic E-state index is 13.5. The summed E-state index contributed by atoms with van der Waals surface area (Å²) in [5, 5.41) is 8.88. The molecule has 0 spiro atoms. The molecule has 2 rings (SSSR count). The Morgan fingerprint density at radius 1 is 1.03 bits per heavy atom. The topological polar surface area (TPSA) is 142 Å². The predicted molar refractivity (Wildman–Crippen MR) is 103 cm³/mol. The predicted octanol–water partition coefficient (Wildman–Crippen LogP) is 3.48. The summed E-state index contributed by atoms with van der Waals surface area (Å²) in [4.78, 5) is 37.6. The van der Waals surface area contributed by atoms with E-state index < -0.39 is 66.3 Å². The lowest BCUT2D eigenvalue weighted by atomic mass is 9.99. The zero-order valence-corrected chi connectivity index (χ0v) is 18.6. The van der Waals surface area contributed by atoms with Gasteiger partial charge in [-0.3, -0.25) is 0 Å². The van der Waals surface area contributed by atoms with Crippen LogP contribution in [-0.2, 0) is 28.6 Å². The third-order valence-electron chi connectivity index (χ3n) is 4.11. The molecule has 18 heteroatoms. The number of benzene rings is 1. The summed E-state index contributed by atoms with van der Waals surface area (Å²) in [5.41, 5.74) is -1.59. The number of aryl methyl sites for hydroxylation is 1. The summed E-state index contributed by atoms with van der Waals surface area (Å²) in [6.07, 6.45) is -13.8. The largest absolute Gasteiger partial charge is 0.573 e. The average molecular weight is 549 g/mol. The molecule has 12 nitrogen and oxygen atoms in total. The van der Waals surface area contributed by atoms with E-state index in [9.17, 15) is 46.0 Å². The van der Waals surface area contributed by atoms with Gasteiger partial charge in [-0.05, 0) is 30.7 Å². The Labute approximate surface area is 202 Å². The van der Waals surface area contributed by atoms with Gasteiger partial charge in [0.2, 0.25) is 12.9 Å². The van der Waals surface area contributed by atoms with E-state index in [1.165, 1.54) is 6.92 Å². The van der Waals surface area contributed by atoms with Gasteiger partial charge in [0.1, 0.15) is 24.7 Å². The quantitative estimate of drug-likeness (QED) is 0.100. The number of nitrogens with zero attached hydrogens (tertiary/aromatic N) is 1. The number of carbonyl (C=O) groups is 2. The van der Waals surface area contributed by atoms with Crippen LogP contribution in [0.25, 0.3) is 6.08 Å². The highest BCUT2D eigenvalue weighted by Crippen LogP contribution is 2.41. The molecule has 0 N–H and O–H groups in total. The first-order valence-corrected chi connectivity index (χ1v) is 9.84. The number of alkyl halides is 6. The highest BCUT2D eigenvalue weighted by Gasteiger charge is 2.49. The molecule has 1 atom stereocenters. The molecule has 0 radical (unpaired) electrons. The SMILES string of the molecule is Cc1cc(OC(F)(F)F)cc2c1O[C@H](C(F)(F)F)C(C(=O)OCOC(=O)OCCOCCO[N+](=O)[O-])=C2. The van der Waals surface area contributed by atoms with E-state index in [0.29, 0.717) is 6.08 Å². The Morgan fingerprint density at radius 3 is 2.32 bits per heavy atom. The fourth-order valence-electron chi connectivity index (χ4n) is 2.77. The Hall–Kier alpha value is -3.96. The van der Waals surface area contributed by atoms with Crippen LogP contribution < -0.4 is 9.47 Å². The molecule has 206 valence electrons. The molecule has 0 aromatic heterocycles. The van der Waals surface area contributed by atoms with Crippen molar-refractivity contribution in [1.29, 1.82) is 0 Å². The fraction of sp³-hybridized carbons (Fsp3) is 0.474. The third-order valence-corrected chi connectivity index (χ3v) is 4.11. The van der Waals surface area contributed by atoms with Gasteiger partial charge in [0, 0.05) is 5.56 Å². The van der Waals surface area contributed by atoms with Gasteiger partial charge in [0.25, 0.3) is 5.09 Å². The first-order valence-electron chi connectivity index (χ1n) is 9.84. The molecular formula is C19H17F6NO11. The first-order chi connectivity index (χ1) is 17.2. The maximum atomic E-state index is 13.5. The molecule has 1 heterocycles. The van der Waals surface area contributed by atoms with Gasteiger partial charge in [-0.1, -0.05) is 0 Å². The summed E-state index contributed by atoms with van der Waals surface area (Å²) in [6.45, 7) is -1.17. The molecule has 1 aliphatic rings. The number of hydrogen-bond acceptors (Lipinski definition) is 11. The van der Waals surface area contributed by atoms with Crippen LogP contribution in [0.3, 0.4) is 0 Å². The van der Waals surface area contributed by atoms with Crippen molar-refractivity contribution in [3.8, 4) is 11.5 Å². The van der Waals surface area contributed by atoms with E-state index >= 15 is 0 Å².